The number of carbonyl (C=O) groups excluding carboxylic acids is 1. The van der Waals surface area contributed by atoms with Gasteiger partial charge in [0.25, 0.3) is 5.56 Å². The average Bonchev–Trinajstić information content (AvgIpc) is 2.65. The van der Waals surface area contributed by atoms with E-state index in [0.29, 0.717) is 21.1 Å². The number of benzene rings is 2. The van der Waals surface area contributed by atoms with E-state index in [1.165, 1.54) is 23.4 Å². The minimum Gasteiger partial charge on any atom is -0.468 e. The Labute approximate surface area is 160 Å². The van der Waals surface area contributed by atoms with Gasteiger partial charge in [-0.15, -0.1) is 0 Å². The molecule has 0 radical (unpaired) electrons. The third-order valence-electron chi connectivity index (χ3n) is 3.97. The Kier molecular flexibility index (Phi) is 5.64. The van der Waals surface area contributed by atoms with Crippen molar-refractivity contribution in [2.75, 3.05) is 7.11 Å². The fourth-order valence-electron chi connectivity index (χ4n) is 2.60. The highest BCUT2D eigenvalue weighted by atomic mass is 35.5. The van der Waals surface area contributed by atoms with Gasteiger partial charge in [-0.1, -0.05) is 53.7 Å². The number of nitrogens with zero attached hydrogens (tertiary/aromatic N) is 2. The van der Waals surface area contributed by atoms with Gasteiger partial charge in [0.1, 0.15) is 6.54 Å². The molecule has 1 heterocycles. The largest absolute Gasteiger partial charge is 0.468 e. The van der Waals surface area contributed by atoms with Gasteiger partial charge in [-0.25, -0.2) is 4.98 Å². The summed E-state index contributed by atoms with van der Waals surface area (Å²) in [4.78, 5) is 29.2. The molecule has 0 aliphatic carbocycles. The van der Waals surface area contributed by atoms with Crippen LogP contribution in [0.25, 0.3) is 10.9 Å². The van der Waals surface area contributed by atoms with Crippen LogP contribution in [0.4, 0.5) is 0 Å². The van der Waals surface area contributed by atoms with Crippen molar-refractivity contribution >= 4 is 40.2 Å². The van der Waals surface area contributed by atoms with Crippen molar-refractivity contribution in [3.63, 3.8) is 0 Å². The van der Waals surface area contributed by atoms with Gasteiger partial charge < -0.3 is 4.74 Å². The molecule has 0 saturated carbocycles. The monoisotopic (exact) mass is 388 g/mol. The molecule has 7 heteroatoms. The van der Waals surface area contributed by atoms with E-state index >= 15 is 0 Å². The van der Waals surface area contributed by atoms with Crippen LogP contribution in [0.2, 0.25) is 5.02 Å². The molecule has 0 N–H and O–H groups in total. The predicted molar refractivity (Wildman–Crippen MR) is 104 cm³/mol. The van der Waals surface area contributed by atoms with Gasteiger partial charge in [-0.3, -0.25) is 14.2 Å². The molecule has 0 spiro atoms. The summed E-state index contributed by atoms with van der Waals surface area (Å²) in [5, 5.41) is 1.51. The zero-order valence-electron chi connectivity index (χ0n) is 14.3. The Hall–Kier alpha value is -2.31. The van der Waals surface area contributed by atoms with Gasteiger partial charge >= 0.3 is 5.97 Å². The molecule has 0 bridgehead atoms. The third kappa shape index (κ3) is 3.76. The minimum absolute atomic E-state index is 0.0549. The molecule has 2 aromatic carbocycles. The summed E-state index contributed by atoms with van der Waals surface area (Å²) in [7, 11) is 1.29. The summed E-state index contributed by atoms with van der Waals surface area (Å²) < 4.78 is 6.08. The number of rotatable bonds is 5. The Morgan fingerprint density at radius 3 is 2.65 bits per heavy atom. The summed E-state index contributed by atoms with van der Waals surface area (Å²) in [5.74, 6) is -0.503. The molecule has 5 nitrogen and oxygen atoms in total. The maximum Gasteiger partial charge on any atom is 0.325 e. The minimum atomic E-state index is -0.503. The molecule has 0 saturated heterocycles. The highest BCUT2D eigenvalue weighted by molar-refractivity contribution is 7.99. The normalized spacial score (nSPS) is 12.1. The summed E-state index contributed by atoms with van der Waals surface area (Å²) in [6, 6.07) is 14.6. The van der Waals surface area contributed by atoms with Gasteiger partial charge in [0.05, 0.1) is 18.0 Å². The van der Waals surface area contributed by atoms with Gasteiger partial charge in [-0.05, 0) is 30.7 Å². The Bertz CT molecular complexity index is 1020. The number of hydrogen-bond acceptors (Lipinski definition) is 5. The molecule has 3 aromatic rings. The van der Waals surface area contributed by atoms with Crippen LogP contribution in [0.1, 0.15) is 17.7 Å². The van der Waals surface area contributed by atoms with Crippen LogP contribution >= 0.6 is 23.4 Å². The Balaban J connectivity index is 2.08. The molecule has 1 atom stereocenters. The van der Waals surface area contributed by atoms with E-state index < -0.39 is 5.97 Å². The molecule has 134 valence electrons. The number of para-hydroxylation sites is 1. The number of fused-ring (bicyclic) bond motifs is 1. The predicted octanol–water partition coefficient (Wildman–Crippen LogP) is 4.08. The van der Waals surface area contributed by atoms with Crippen LogP contribution in [-0.2, 0) is 16.1 Å². The first-order valence-electron chi connectivity index (χ1n) is 7.98. The fraction of sp³-hybridized carbons (Fsp3) is 0.211. The van der Waals surface area contributed by atoms with Crippen molar-refractivity contribution in [3.05, 3.63) is 69.5 Å². The van der Waals surface area contributed by atoms with E-state index in [0.717, 1.165) is 5.56 Å². The number of hydrogen-bond donors (Lipinski definition) is 0. The lowest BCUT2D eigenvalue weighted by Crippen LogP contribution is -2.27. The molecular formula is C19H17ClN2O3S. The lowest BCUT2D eigenvalue weighted by molar-refractivity contribution is -0.141. The number of halogens is 1. The SMILES string of the molecule is COC(=O)Cn1c(SC(C)c2ccccc2Cl)nc2ccccc2c1=O. The average molecular weight is 389 g/mol. The molecule has 0 fully saturated rings. The van der Waals surface area contributed by atoms with Crippen molar-refractivity contribution in [2.24, 2.45) is 0 Å². The molecule has 0 aliphatic rings. The van der Waals surface area contributed by atoms with Crippen LogP contribution < -0.4 is 5.56 Å². The third-order valence-corrected chi connectivity index (χ3v) is 5.44. The number of thioether (sulfide) groups is 1. The van der Waals surface area contributed by atoms with Gasteiger partial charge in [-0.2, -0.15) is 0 Å². The van der Waals surface area contributed by atoms with Gasteiger partial charge in [0, 0.05) is 10.3 Å². The van der Waals surface area contributed by atoms with Crippen molar-refractivity contribution in [1.82, 2.24) is 9.55 Å². The van der Waals surface area contributed by atoms with Crippen LogP contribution in [0, 0.1) is 0 Å². The maximum absolute atomic E-state index is 12.9. The molecule has 26 heavy (non-hydrogen) atoms. The fourth-order valence-corrected chi connectivity index (χ4v) is 4.04. The van der Waals surface area contributed by atoms with Crippen LogP contribution in [0.5, 0.6) is 0 Å². The van der Waals surface area contributed by atoms with E-state index in [1.807, 2.05) is 37.3 Å². The van der Waals surface area contributed by atoms with E-state index in [4.69, 9.17) is 16.3 Å². The highest BCUT2D eigenvalue weighted by Crippen LogP contribution is 2.37. The molecule has 3 rings (SSSR count). The van der Waals surface area contributed by atoms with E-state index in [2.05, 4.69) is 4.98 Å². The van der Waals surface area contributed by atoms with Crippen LogP contribution in [-0.4, -0.2) is 22.6 Å². The molecule has 0 aliphatic heterocycles. The van der Waals surface area contributed by atoms with Crippen LogP contribution in [0.15, 0.2) is 58.5 Å². The first kappa shape index (κ1) is 18.5. The summed E-state index contributed by atoms with van der Waals surface area (Å²) in [6.45, 7) is 1.79. The zero-order chi connectivity index (χ0) is 18.7. The molecular weight excluding hydrogens is 372 g/mol. The lowest BCUT2D eigenvalue weighted by Gasteiger charge is -2.16. The second kappa shape index (κ2) is 7.93. The van der Waals surface area contributed by atoms with Crippen molar-refractivity contribution < 1.29 is 9.53 Å². The second-order valence-corrected chi connectivity index (χ2v) is 7.38. The number of carbonyl (C=O) groups is 1. The molecule has 0 amide bonds. The van der Waals surface area contributed by atoms with Crippen LogP contribution in [0.3, 0.4) is 0 Å². The summed E-state index contributed by atoms with van der Waals surface area (Å²) in [5.41, 5.74) is 1.26. The first-order chi connectivity index (χ1) is 12.5. The standard InChI is InChI=1S/C19H17ClN2O3S/c1-12(13-7-3-5-9-15(13)20)26-19-21-16-10-6-4-8-14(16)18(24)22(19)11-17(23)25-2/h3-10,12H,11H2,1-2H3. The van der Waals surface area contributed by atoms with Gasteiger partial charge in [0.2, 0.25) is 0 Å². The van der Waals surface area contributed by atoms with E-state index in [9.17, 15) is 9.59 Å². The Morgan fingerprint density at radius 1 is 1.23 bits per heavy atom. The Morgan fingerprint density at radius 2 is 1.92 bits per heavy atom. The van der Waals surface area contributed by atoms with Crippen molar-refractivity contribution in [3.8, 4) is 0 Å². The number of esters is 1. The highest BCUT2D eigenvalue weighted by Gasteiger charge is 2.18. The topological polar surface area (TPSA) is 61.2 Å². The number of methoxy groups -OCH3 is 1. The van der Waals surface area contributed by atoms with Crippen molar-refractivity contribution in [2.45, 2.75) is 23.9 Å². The first-order valence-corrected chi connectivity index (χ1v) is 9.24. The smallest absolute Gasteiger partial charge is 0.325 e. The maximum atomic E-state index is 12.9. The van der Waals surface area contributed by atoms with E-state index in [-0.39, 0.29) is 17.4 Å². The number of aromatic nitrogens is 2. The summed E-state index contributed by atoms with van der Waals surface area (Å²) >= 11 is 7.66. The van der Waals surface area contributed by atoms with Gasteiger partial charge in [0.15, 0.2) is 5.16 Å². The summed E-state index contributed by atoms with van der Waals surface area (Å²) in [6.07, 6.45) is 0. The van der Waals surface area contributed by atoms with E-state index in [1.54, 1.807) is 18.2 Å². The lowest BCUT2D eigenvalue weighted by atomic mass is 10.2. The van der Waals surface area contributed by atoms with Crippen molar-refractivity contribution in [1.29, 1.82) is 0 Å². The molecule has 1 unspecified atom stereocenters. The number of ether oxygens (including phenoxy) is 1. The quantitative estimate of drug-likeness (QED) is 0.374. The second-order valence-electron chi connectivity index (χ2n) is 5.66. The molecule has 1 aromatic heterocycles. The zero-order valence-corrected chi connectivity index (χ0v) is 15.9.